The van der Waals surface area contributed by atoms with Crippen molar-refractivity contribution in [3.8, 4) is 0 Å². The number of hydrogen-bond donors (Lipinski definition) is 2. The zero-order valence-corrected chi connectivity index (χ0v) is 13.1. The Hall–Kier alpha value is -1.62. The summed E-state index contributed by atoms with van der Waals surface area (Å²) in [5, 5.41) is 0. The van der Waals surface area contributed by atoms with Gasteiger partial charge in [-0.3, -0.25) is 0 Å². The fourth-order valence-corrected chi connectivity index (χ4v) is 2.37. The highest BCUT2D eigenvalue weighted by Gasteiger charge is 2.22. The number of imidazole rings is 1. The summed E-state index contributed by atoms with van der Waals surface area (Å²) in [5.74, 6) is 2.10. The van der Waals surface area contributed by atoms with Gasteiger partial charge in [0.1, 0.15) is 11.6 Å². The van der Waals surface area contributed by atoms with Crippen LogP contribution in [0.15, 0.2) is 12.1 Å². The molecule has 3 N–H and O–H groups in total. The van der Waals surface area contributed by atoms with E-state index in [1.54, 1.807) is 0 Å². The minimum atomic E-state index is 0.227. The average molecular weight is 275 g/mol. The van der Waals surface area contributed by atoms with Crippen LogP contribution in [0.3, 0.4) is 0 Å². The molecule has 0 saturated carbocycles. The van der Waals surface area contributed by atoms with E-state index in [-0.39, 0.29) is 11.3 Å². The van der Waals surface area contributed by atoms with Gasteiger partial charge in [0, 0.05) is 26.6 Å². The second-order valence-corrected chi connectivity index (χ2v) is 6.75. The van der Waals surface area contributed by atoms with E-state index in [0.717, 1.165) is 29.2 Å². The molecular formula is C15H25N5. The summed E-state index contributed by atoms with van der Waals surface area (Å²) in [5.41, 5.74) is 7.88. The molecule has 5 nitrogen and oxygen atoms in total. The lowest BCUT2D eigenvalue weighted by molar-refractivity contribution is 0.337. The van der Waals surface area contributed by atoms with Crippen molar-refractivity contribution in [2.75, 3.05) is 25.5 Å². The average Bonchev–Trinajstić information content (AvgIpc) is 2.77. The molecule has 2 heterocycles. The van der Waals surface area contributed by atoms with Crippen molar-refractivity contribution in [3.63, 3.8) is 0 Å². The quantitative estimate of drug-likeness (QED) is 0.899. The van der Waals surface area contributed by atoms with Gasteiger partial charge in [-0.15, -0.1) is 0 Å². The number of hydrogen-bond acceptors (Lipinski definition) is 4. The van der Waals surface area contributed by atoms with Crippen LogP contribution in [0.2, 0.25) is 0 Å². The SMILES string of the molecule is CN(C)c1ccc2[nH]c(C(CN)CC(C)(C)C)nc2n1. The first-order valence-electron chi connectivity index (χ1n) is 7.04. The number of fused-ring (bicyclic) bond motifs is 1. The lowest BCUT2D eigenvalue weighted by Gasteiger charge is -2.23. The molecule has 1 atom stereocenters. The monoisotopic (exact) mass is 275 g/mol. The third-order valence-electron chi connectivity index (χ3n) is 3.34. The van der Waals surface area contributed by atoms with Crippen LogP contribution in [0.5, 0.6) is 0 Å². The summed E-state index contributed by atoms with van der Waals surface area (Å²) in [6, 6.07) is 4.02. The lowest BCUT2D eigenvalue weighted by Crippen LogP contribution is -2.20. The number of H-pyrrole nitrogens is 1. The Morgan fingerprint density at radius 1 is 1.25 bits per heavy atom. The number of anilines is 1. The highest BCUT2D eigenvalue weighted by molar-refractivity contribution is 5.73. The number of pyridine rings is 1. The summed E-state index contributed by atoms with van der Waals surface area (Å²) < 4.78 is 0. The number of aromatic amines is 1. The van der Waals surface area contributed by atoms with E-state index in [1.807, 2.05) is 31.1 Å². The summed E-state index contributed by atoms with van der Waals surface area (Å²) in [4.78, 5) is 14.5. The van der Waals surface area contributed by atoms with Gasteiger partial charge >= 0.3 is 0 Å². The predicted molar refractivity (Wildman–Crippen MR) is 84.1 cm³/mol. The first-order valence-corrected chi connectivity index (χ1v) is 7.04. The summed E-state index contributed by atoms with van der Waals surface area (Å²) >= 11 is 0. The molecule has 2 aromatic heterocycles. The highest BCUT2D eigenvalue weighted by Crippen LogP contribution is 2.30. The molecule has 0 aliphatic rings. The van der Waals surface area contributed by atoms with Crippen LogP contribution in [-0.2, 0) is 0 Å². The van der Waals surface area contributed by atoms with Crippen molar-refractivity contribution in [2.45, 2.75) is 33.1 Å². The zero-order chi connectivity index (χ0) is 14.9. The predicted octanol–water partition coefficient (Wildman–Crippen LogP) is 2.50. The fourth-order valence-electron chi connectivity index (χ4n) is 2.37. The van der Waals surface area contributed by atoms with Crippen LogP contribution in [-0.4, -0.2) is 35.6 Å². The summed E-state index contributed by atoms with van der Waals surface area (Å²) in [6.07, 6.45) is 1.00. The van der Waals surface area contributed by atoms with Crippen LogP contribution in [0, 0.1) is 5.41 Å². The van der Waals surface area contributed by atoms with E-state index in [0.29, 0.717) is 6.54 Å². The van der Waals surface area contributed by atoms with Gasteiger partial charge in [0.25, 0.3) is 0 Å². The zero-order valence-electron chi connectivity index (χ0n) is 13.1. The maximum Gasteiger partial charge on any atom is 0.179 e. The largest absolute Gasteiger partial charge is 0.363 e. The van der Waals surface area contributed by atoms with Gasteiger partial charge in [0.15, 0.2) is 5.65 Å². The van der Waals surface area contributed by atoms with E-state index in [2.05, 4.69) is 35.7 Å². The third kappa shape index (κ3) is 3.28. The smallest absolute Gasteiger partial charge is 0.179 e. The molecule has 0 saturated heterocycles. The topological polar surface area (TPSA) is 70.8 Å². The van der Waals surface area contributed by atoms with Gasteiger partial charge in [0.2, 0.25) is 0 Å². The second kappa shape index (κ2) is 5.40. The van der Waals surface area contributed by atoms with Gasteiger partial charge in [-0.1, -0.05) is 20.8 Å². The molecular weight excluding hydrogens is 250 g/mol. The molecule has 0 bridgehead atoms. The Labute approximate surface area is 120 Å². The maximum absolute atomic E-state index is 5.92. The molecule has 2 rings (SSSR count). The standard InChI is InChI=1S/C15H25N5/c1-15(2,3)8-10(9-16)13-17-11-6-7-12(20(4)5)18-14(11)19-13/h6-7,10H,8-9,16H2,1-5H3,(H,17,18,19). The Kier molecular flexibility index (Phi) is 3.99. The molecule has 0 aliphatic heterocycles. The molecule has 0 radical (unpaired) electrons. The number of nitrogens with one attached hydrogen (secondary N) is 1. The summed E-state index contributed by atoms with van der Waals surface area (Å²) in [6.45, 7) is 7.26. The van der Waals surface area contributed by atoms with Crippen LogP contribution in [0.4, 0.5) is 5.82 Å². The van der Waals surface area contributed by atoms with Crippen molar-refractivity contribution in [1.82, 2.24) is 15.0 Å². The van der Waals surface area contributed by atoms with Gasteiger partial charge in [-0.2, -0.15) is 0 Å². The van der Waals surface area contributed by atoms with E-state index in [4.69, 9.17) is 5.73 Å². The molecule has 1 unspecified atom stereocenters. The van der Waals surface area contributed by atoms with Crippen molar-refractivity contribution < 1.29 is 0 Å². The number of rotatable bonds is 4. The Balaban J connectivity index is 2.34. The van der Waals surface area contributed by atoms with Crippen LogP contribution in [0.1, 0.15) is 38.9 Å². The number of nitrogens with zero attached hydrogens (tertiary/aromatic N) is 3. The molecule has 0 aromatic carbocycles. The van der Waals surface area contributed by atoms with Crippen molar-refractivity contribution in [3.05, 3.63) is 18.0 Å². The lowest BCUT2D eigenvalue weighted by atomic mass is 9.84. The van der Waals surface area contributed by atoms with Gasteiger partial charge in [-0.25, -0.2) is 9.97 Å². The van der Waals surface area contributed by atoms with Crippen molar-refractivity contribution >= 4 is 17.0 Å². The molecule has 20 heavy (non-hydrogen) atoms. The Morgan fingerprint density at radius 3 is 2.50 bits per heavy atom. The van der Waals surface area contributed by atoms with E-state index < -0.39 is 0 Å². The molecule has 0 spiro atoms. The summed E-state index contributed by atoms with van der Waals surface area (Å²) in [7, 11) is 3.95. The molecule has 5 heteroatoms. The maximum atomic E-state index is 5.92. The van der Waals surface area contributed by atoms with Gasteiger partial charge in [-0.05, 0) is 24.0 Å². The van der Waals surface area contributed by atoms with Crippen LogP contribution >= 0.6 is 0 Å². The fraction of sp³-hybridized carbons (Fsp3) is 0.600. The van der Waals surface area contributed by atoms with E-state index in [1.165, 1.54) is 0 Å². The number of aromatic nitrogens is 3. The first kappa shape index (κ1) is 14.8. The minimum absolute atomic E-state index is 0.227. The van der Waals surface area contributed by atoms with E-state index >= 15 is 0 Å². The Morgan fingerprint density at radius 2 is 1.95 bits per heavy atom. The van der Waals surface area contributed by atoms with E-state index in [9.17, 15) is 0 Å². The van der Waals surface area contributed by atoms with Crippen molar-refractivity contribution in [1.29, 1.82) is 0 Å². The Bertz CT molecular complexity index is 579. The van der Waals surface area contributed by atoms with Crippen molar-refractivity contribution in [2.24, 2.45) is 11.1 Å². The normalized spacial score (nSPS) is 13.7. The molecule has 2 aromatic rings. The van der Waals surface area contributed by atoms with Gasteiger partial charge < -0.3 is 15.6 Å². The number of nitrogens with two attached hydrogens (primary N) is 1. The molecule has 0 aliphatic carbocycles. The van der Waals surface area contributed by atoms with Crippen LogP contribution in [0.25, 0.3) is 11.2 Å². The highest BCUT2D eigenvalue weighted by atomic mass is 15.1. The second-order valence-electron chi connectivity index (χ2n) is 6.75. The third-order valence-corrected chi connectivity index (χ3v) is 3.34. The van der Waals surface area contributed by atoms with Gasteiger partial charge in [0.05, 0.1) is 5.52 Å². The first-order chi connectivity index (χ1) is 9.30. The molecule has 0 amide bonds. The molecule has 110 valence electrons. The van der Waals surface area contributed by atoms with Crippen LogP contribution < -0.4 is 10.6 Å². The molecule has 0 fully saturated rings. The minimum Gasteiger partial charge on any atom is -0.363 e.